The molecule has 1 fully saturated rings. The summed E-state index contributed by atoms with van der Waals surface area (Å²) in [5, 5.41) is 2.99. The summed E-state index contributed by atoms with van der Waals surface area (Å²) in [5.41, 5.74) is 2.52. The number of morpholine rings is 1. The zero-order valence-corrected chi connectivity index (χ0v) is 17.5. The number of hydrogen-bond donors (Lipinski definition) is 1. The van der Waals surface area contributed by atoms with Crippen LogP contribution in [0.1, 0.15) is 36.0 Å². The molecule has 3 rings (SSSR count). The molecule has 6 nitrogen and oxygen atoms in total. The van der Waals surface area contributed by atoms with Gasteiger partial charge in [0.25, 0.3) is 0 Å². The number of nitrogens with zero attached hydrogens (tertiary/aromatic N) is 1. The van der Waals surface area contributed by atoms with Gasteiger partial charge in [0.05, 0.1) is 24.9 Å². The van der Waals surface area contributed by atoms with Gasteiger partial charge < -0.3 is 10.1 Å². The van der Waals surface area contributed by atoms with Crippen LogP contribution in [0.5, 0.6) is 0 Å². The Balaban J connectivity index is 1.68. The first kappa shape index (κ1) is 21.5. The lowest BCUT2D eigenvalue weighted by Crippen LogP contribution is -2.41. The zero-order chi connectivity index (χ0) is 20.7. The van der Waals surface area contributed by atoms with Crippen molar-refractivity contribution in [3.8, 4) is 0 Å². The Hall–Kier alpha value is -2.22. The molecule has 1 heterocycles. The minimum atomic E-state index is -3.42. The van der Waals surface area contributed by atoms with Crippen LogP contribution >= 0.6 is 0 Å². The third kappa shape index (κ3) is 5.65. The van der Waals surface area contributed by atoms with Gasteiger partial charge in [0.15, 0.2) is 0 Å². The summed E-state index contributed by atoms with van der Waals surface area (Å²) in [7, 11) is -3.42. The van der Waals surface area contributed by atoms with E-state index in [-0.39, 0.29) is 17.6 Å². The van der Waals surface area contributed by atoms with E-state index >= 15 is 0 Å². The lowest BCUT2D eigenvalue weighted by atomic mass is 9.95. The van der Waals surface area contributed by atoms with Crippen molar-refractivity contribution in [2.75, 3.05) is 26.3 Å². The number of sulfonamides is 1. The van der Waals surface area contributed by atoms with E-state index in [1.165, 1.54) is 4.31 Å². The standard InChI is InChI=1S/C22H28N2O4S/c1-2-21(18-8-4-3-5-9-18)22(25)23-16-19-10-6-7-11-20(19)17-29(26,27)24-12-14-28-15-13-24/h3-11,21H,2,12-17H2,1H3,(H,23,25). The molecule has 1 N–H and O–H groups in total. The Bertz CT molecular complexity index is 909. The van der Waals surface area contributed by atoms with E-state index in [2.05, 4.69) is 5.32 Å². The number of hydrogen-bond acceptors (Lipinski definition) is 4. The minimum absolute atomic E-state index is 0.0514. The molecule has 1 unspecified atom stereocenters. The molecule has 2 aromatic carbocycles. The molecule has 1 atom stereocenters. The Morgan fingerprint density at radius 1 is 1.03 bits per heavy atom. The van der Waals surface area contributed by atoms with Crippen molar-refractivity contribution in [3.63, 3.8) is 0 Å². The third-order valence-electron chi connectivity index (χ3n) is 5.20. The second-order valence-electron chi connectivity index (χ2n) is 7.13. The molecular weight excluding hydrogens is 388 g/mol. The summed E-state index contributed by atoms with van der Waals surface area (Å²) in [6.45, 7) is 3.91. The number of nitrogens with one attached hydrogen (secondary N) is 1. The van der Waals surface area contributed by atoms with Gasteiger partial charge in [-0.05, 0) is 23.1 Å². The first-order chi connectivity index (χ1) is 14.0. The zero-order valence-electron chi connectivity index (χ0n) is 16.7. The van der Waals surface area contributed by atoms with Gasteiger partial charge in [-0.3, -0.25) is 4.79 Å². The van der Waals surface area contributed by atoms with Crippen molar-refractivity contribution in [2.24, 2.45) is 0 Å². The van der Waals surface area contributed by atoms with Gasteiger partial charge in [-0.25, -0.2) is 8.42 Å². The van der Waals surface area contributed by atoms with Crippen molar-refractivity contribution in [1.82, 2.24) is 9.62 Å². The molecular formula is C22H28N2O4S. The van der Waals surface area contributed by atoms with E-state index in [0.717, 1.165) is 11.1 Å². The maximum absolute atomic E-state index is 12.8. The molecule has 156 valence electrons. The SMILES string of the molecule is CCC(C(=O)NCc1ccccc1CS(=O)(=O)N1CCOCC1)c1ccccc1. The molecule has 0 bridgehead atoms. The predicted molar refractivity (Wildman–Crippen MR) is 113 cm³/mol. The molecule has 1 aliphatic heterocycles. The van der Waals surface area contributed by atoms with E-state index < -0.39 is 10.0 Å². The fourth-order valence-electron chi connectivity index (χ4n) is 3.55. The van der Waals surface area contributed by atoms with Crippen LogP contribution in [0.4, 0.5) is 0 Å². The highest BCUT2D eigenvalue weighted by Gasteiger charge is 2.25. The number of carbonyl (C=O) groups excluding carboxylic acids is 1. The van der Waals surface area contributed by atoms with Crippen LogP contribution in [0, 0.1) is 0 Å². The molecule has 29 heavy (non-hydrogen) atoms. The molecule has 1 amide bonds. The van der Waals surface area contributed by atoms with Gasteiger partial charge in [-0.2, -0.15) is 4.31 Å². The van der Waals surface area contributed by atoms with Crippen LogP contribution in [0.25, 0.3) is 0 Å². The van der Waals surface area contributed by atoms with E-state index in [0.29, 0.717) is 44.8 Å². The number of benzene rings is 2. The van der Waals surface area contributed by atoms with Gasteiger partial charge >= 0.3 is 0 Å². The first-order valence-corrected chi connectivity index (χ1v) is 11.6. The van der Waals surface area contributed by atoms with Crippen molar-refractivity contribution < 1.29 is 17.9 Å². The largest absolute Gasteiger partial charge is 0.379 e. The van der Waals surface area contributed by atoms with E-state index in [4.69, 9.17) is 4.74 Å². The monoisotopic (exact) mass is 416 g/mol. The second-order valence-corrected chi connectivity index (χ2v) is 9.09. The van der Waals surface area contributed by atoms with Crippen LogP contribution in [0.15, 0.2) is 54.6 Å². The van der Waals surface area contributed by atoms with Crippen molar-refractivity contribution in [1.29, 1.82) is 0 Å². The average molecular weight is 417 g/mol. The lowest BCUT2D eigenvalue weighted by Gasteiger charge is -2.26. The predicted octanol–water partition coefficient (Wildman–Crippen LogP) is 2.66. The van der Waals surface area contributed by atoms with E-state index in [1.54, 1.807) is 0 Å². The summed E-state index contributed by atoms with van der Waals surface area (Å²) in [5.74, 6) is -0.348. The van der Waals surface area contributed by atoms with Crippen LogP contribution in [-0.4, -0.2) is 44.9 Å². The summed E-state index contributed by atoms with van der Waals surface area (Å²) in [6, 6.07) is 17.1. The van der Waals surface area contributed by atoms with Gasteiger partial charge in [0, 0.05) is 19.6 Å². The van der Waals surface area contributed by atoms with Gasteiger partial charge in [-0.1, -0.05) is 61.5 Å². The normalized spacial score (nSPS) is 16.3. The number of ether oxygens (including phenoxy) is 1. The van der Waals surface area contributed by atoms with Crippen LogP contribution in [-0.2, 0) is 31.9 Å². The molecule has 0 aromatic heterocycles. The number of carbonyl (C=O) groups is 1. The highest BCUT2D eigenvalue weighted by molar-refractivity contribution is 7.88. The quantitative estimate of drug-likeness (QED) is 0.718. The molecule has 1 saturated heterocycles. The van der Waals surface area contributed by atoms with Crippen LogP contribution < -0.4 is 5.32 Å². The summed E-state index contributed by atoms with van der Waals surface area (Å²) in [4.78, 5) is 12.7. The molecule has 0 saturated carbocycles. The van der Waals surface area contributed by atoms with Gasteiger partial charge in [0.1, 0.15) is 0 Å². The topological polar surface area (TPSA) is 75.7 Å². The molecule has 0 radical (unpaired) electrons. The van der Waals surface area contributed by atoms with Gasteiger partial charge in [-0.15, -0.1) is 0 Å². The summed E-state index contributed by atoms with van der Waals surface area (Å²) < 4.78 is 32.3. The molecule has 7 heteroatoms. The fraction of sp³-hybridized carbons (Fsp3) is 0.409. The minimum Gasteiger partial charge on any atom is -0.379 e. The molecule has 1 aliphatic rings. The second kappa shape index (κ2) is 10.0. The van der Waals surface area contributed by atoms with Crippen molar-refractivity contribution in [2.45, 2.75) is 31.6 Å². The Morgan fingerprint density at radius 3 is 2.31 bits per heavy atom. The summed E-state index contributed by atoms with van der Waals surface area (Å²) >= 11 is 0. The maximum Gasteiger partial charge on any atom is 0.227 e. The Labute approximate surface area is 172 Å². The van der Waals surface area contributed by atoms with Gasteiger partial charge in [0.2, 0.25) is 15.9 Å². The summed E-state index contributed by atoms with van der Waals surface area (Å²) in [6.07, 6.45) is 0.697. The highest BCUT2D eigenvalue weighted by atomic mass is 32.2. The Kier molecular flexibility index (Phi) is 7.41. The molecule has 2 aromatic rings. The maximum atomic E-state index is 12.8. The fourth-order valence-corrected chi connectivity index (χ4v) is 5.11. The highest BCUT2D eigenvalue weighted by Crippen LogP contribution is 2.20. The van der Waals surface area contributed by atoms with E-state index in [1.807, 2.05) is 61.5 Å². The van der Waals surface area contributed by atoms with E-state index in [9.17, 15) is 13.2 Å². The van der Waals surface area contributed by atoms with Crippen LogP contribution in [0.3, 0.4) is 0 Å². The van der Waals surface area contributed by atoms with Crippen molar-refractivity contribution in [3.05, 3.63) is 71.3 Å². The average Bonchev–Trinajstić information content (AvgIpc) is 2.75. The first-order valence-electron chi connectivity index (χ1n) is 9.96. The lowest BCUT2D eigenvalue weighted by molar-refractivity contribution is -0.122. The smallest absolute Gasteiger partial charge is 0.227 e. The number of rotatable bonds is 8. The molecule has 0 aliphatic carbocycles. The number of amides is 1. The van der Waals surface area contributed by atoms with Crippen molar-refractivity contribution >= 4 is 15.9 Å². The molecule has 0 spiro atoms. The third-order valence-corrected chi connectivity index (χ3v) is 7.03. The Morgan fingerprint density at radius 2 is 1.66 bits per heavy atom. The van der Waals surface area contributed by atoms with Crippen LogP contribution in [0.2, 0.25) is 0 Å².